The number of nitrogens with zero attached hydrogens (tertiary/aromatic N) is 9. The van der Waals surface area contributed by atoms with Gasteiger partial charge in [0.2, 0.25) is 16.0 Å². The Kier molecular flexibility index (Phi) is 7.49. The number of morpholine rings is 1. The van der Waals surface area contributed by atoms with Gasteiger partial charge in [-0.15, -0.1) is 0 Å². The number of aromatic nitrogens is 6. The van der Waals surface area contributed by atoms with Gasteiger partial charge in [-0.2, -0.15) is 0 Å². The number of hydrogen-bond donors (Lipinski definition) is 1. The van der Waals surface area contributed by atoms with Gasteiger partial charge in [0.1, 0.15) is 5.82 Å². The lowest BCUT2D eigenvalue weighted by atomic mass is 10.1. The summed E-state index contributed by atoms with van der Waals surface area (Å²) in [6.45, 7) is 9.62. The molecule has 0 unspecified atom stereocenters. The van der Waals surface area contributed by atoms with Crippen molar-refractivity contribution in [2.45, 2.75) is 45.8 Å². The fourth-order valence-corrected chi connectivity index (χ4v) is 5.97. The molecule has 0 spiro atoms. The first kappa shape index (κ1) is 26.7. The maximum absolute atomic E-state index is 12.0. The van der Waals surface area contributed by atoms with Crippen LogP contribution in [0.15, 0.2) is 6.20 Å². The van der Waals surface area contributed by atoms with E-state index in [9.17, 15) is 8.42 Å². The fourth-order valence-electron chi connectivity index (χ4n) is 5.22. The van der Waals surface area contributed by atoms with E-state index in [4.69, 9.17) is 25.4 Å². The molecule has 0 aromatic carbocycles. The Balaban J connectivity index is 1.50. The lowest BCUT2D eigenvalue weighted by molar-refractivity contribution is 0.122. The number of nitrogens with two attached hydrogens (primary N) is 1. The SMILES string of the molecule is CCn1c(CN2CCC(N(C)S(C)(=O)=O)CC2)nc2c(N3CCOCC3)nc(-c3cnc(N)nc3C)nc21. The Bertz CT molecular complexity index is 1410. The first-order valence-electron chi connectivity index (χ1n) is 13.0. The first-order chi connectivity index (χ1) is 18.2. The molecule has 0 amide bonds. The van der Waals surface area contributed by atoms with Crippen LogP contribution in [-0.4, -0.2) is 106 Å². The summed E-state index contributed by atoms with van der Waals surface area (Å²) in [5.74, 6) is 2.46. The Labute approximate surface area is 223 Å². The molecule has 0 radical (unpaired) electrons. The number of aryl methyl sites for hydroxylation is 2. The maximum Gasteiger partial charge on any atom is 0.220 e. The van der Waals surface area contributed by atoms with Crippen LogP contribution in [0.5, 0.6) is 0 Å². The summed E-state index contributed by atoms with van der Waals surface area (Å²) in [6, 6.07) is 0.0259. The van der Waals surface area contributed by atoms with Gasteiger partial charge in [-0.3, -0.25) is 4.90 Å². The molecular weight excluding hydrogens is 508 g/mol. The van der Waals surface area contributed by atoms with Gasteiger partial charge in [0.25, 0.3) is 0 Å². The van der Waals surface area contributed by atoms with Crippen molar-refractivity contribution < 1.29 is 13.2 Å². The Morgan fingerprint density at radius 2 is 1.82 bits per heavy atom. The zero-order valence-electron chi connectivity index (χ0n) is 22.5. The van der Waals surface area contributed by atoms with Crippen LogP contribution in [0.3, 0.4) is 0 Å². The lowest BCUT2D eigenvalue weighted by Gasteiger charge is -2.35. The molecule has 38 heavy (non-hydrogen) atoms. The van der Waals surface area contributed by atoms with E-state index in [0.717, 1.165) is 73.1 Å². The van der Waals surface area contributed by atoms with E-state index in [1.165, 1.54) is 10.6 Å². The second kappa shape index (κ2) is 10.7. The summed E-state index contributed by atoms with van der Waals surface area (Å²) in [7, 11) is -1.53. The third kappa shape index (κ3) is 5.30. The molecule has 2 fully saturated rings. The first-order valence-corrected chi connectivity index (χ1v) is 14.8. The van der Waals surface area contributed by atoms with E-state index in [1.54, 1.807) is 13.2 Å². The molecule has 5 heterocycles. The third-order valence-electron chi connectivity index (χ3n) is 7.48. The molecule has 2 aliphatic rings. The van der Waals surface area contributed by atoms with Crippen molar-refractivity contribution in [2.24, 2.45) is 0 Å². The average molecular weight is 545 g/mol. The quantitative estimate of drug-likeness (QED) is 0.452. The van der Waals surface area contributed by atoms with Gasteiger partial charge in [-0.25, -0.2) is 37.6 Å². The highest BCUT2D eigenvalue weighted by molar-refractivity contribution is 7.88. The van der Waals surface area contributed by atoms with Crippen molar-refractivity contribution in [3.8, 4) is 11.4 Å². The molecular formula is C24H36N10O3S. The van der Waals surface area contributed by atoms with E-state index in [1.807, 2.05) is 6.92 Å². The van der Waals surface area contributed by atoms with Crippen molar-refractivity contribution >= 4 is 33.0 Å². The number of nitrogen functional groups attached to an aromatic ring is 1. The molecule has 14 heteroatoms. The summed E-state index contributed by atoms with van der Waals surface area (Å²) in [5.41, 5.74) is 8.79. The van der Waals surface area contributed by atoms with Crippen LogP contribution in [0.1, 0.15) is 31.3 Å². The van der Waals surface area contributed by atoms with Crippen LogP contribution in [0.2, 0.25) is 0 Å². The van der Waals surface area contributed by atoms with Crippen LogP contribution < -0.4 is 10.6 Å². The number of rotatable bonds is 7. The predicted molar refractivity (Wildman–Crippen MR) is 145 cm³/mol. The van der Waals surface area contributed by atoms with Gasteiger partial charge >= 0.3 is 0 Å². The van der Waals surface area contributed by atoms with Crippen LogP contribution in [-0.2, 0) is 27.8 Å². The monoisotopic (exact) mass is 544 g/mol. The number of likely N-dealkylation sites (tertiary alicyclic amines) is 1. The van der Waals surface area contributed by atoms with Crippen molar-refractivity contribution in [2.75, 3.05) is 63.3 Å². The smallest absolute Gasteiger partial charge is 0.220 e. The summed E-state index contributed by atoms with van der Waals surface area (Å²) in [4.78, 5) is 28.0. The zero-order chi connectivity index (χ0) is 27.0. The number of hydrogen-bond acceptors (Lipinski definition) is 11. The highest BCUT2D eigenvalue weighted by Crippen LogP contribution is 2.30. The van der Waals surface area contributed by atoms with Crippen LogP contribution in [0.25, 0.3) is 22.6 Å². The number of imidazole rings is 1. The maximum atomic E-state index is 12.0. The summed E-state index contributed by atoms with van der Waals surface area (Å²) < 4.78 is 33.2. The van der Waals surface area contributed by atoms with Crippen molar-refractivity contribution in [3.63, 3.8) is 0 Å². The van der Waals surface area contributed by atoms with Crippen LogP contribution >= 0.6 is 0 Å². The van der Waals surface area contributed by atoms with E-state index < -0.39 is 10.0 Å². The lowest BCUT2D eigenvalue weighted by Crippen LogP contribution is -2.45. The fraction of sp³-hybridized carbons (Fsp3) is 0.625. The van der Waals surface area contributed by atoms with E-state index in [-0.39, 0.29) is 12.0 Å². The minimum atomic E-state index is -3.20. The largest absolute Gasteiger partial charge is 0.378 e. The molecule has 0 bridgehead atoms. The van der Waals surface area contributed by atoms with Crippen molar-refractivity contribution in [3.05, 3.63) is 17.7 Å². The second-order valence-corrected chi connectivity index (χ2v) is 12.0. The molecule has 0 aliphatic carbocycles. The number of piperidine rings is 1. The summed E-state index contributed by atoms with van der Waals surface area (Å²) in [6.07, 6.45) is 4.51. The Morgan fingerprint density at radius 1 is 1.11 bits per heavy atom. The Hall–Kier alpha value is -2.94. The third-order valence-corrected chi connectivity index (χ3v) is 8.82. The van der Waals surface area contributed by atoms with Gasteiger partial charge in [-0.05, 0) is 26.7 Å². The van der Waals surface area contributed by atoms with Crippen molar-refractivity contribution in [1.82, 2.24) is 38.7 Å². The molecule has 206 valence electrons. The molecule has 13 nitrogen and oxygen atoms in total. The highest BCUT2D eigenvalue weighted by atomic mass is 32.2. The summed E-state index contributed by atoms with van der Waals surface area (Å²) >= 11 is 0. The average Bonchev–Trinajstić information content (AvgIpc) is 3.25. The van der Waals surface area contributed by atoms with Crippen LogP contribution in [0, 0.1) is 6.92 Å². The topological polar surface area (TPSA) is 148 Å². The van der Waals surface area contributed by atoms with Gasteiger partial charge < -0.3 is 19.9 Å². The van der Waals surface area contributed by atoms with Gasteiger partial charge in [0, 0.05) is 52.0 Å². The number of fused-ring (bicyclic) bond motifs is 1. The number of sulfonamides is 1. The molecule has 2 aliphatic heterocycles. The number of anilines is 2. The standard InChI is InChI=1S/C24H36N10O3S/c1-5-34-19(15-32-8-6-17(7-9-32)31(3)38(4,35)36)28-20-22(33-10-12-37-13-11-33)29-21(30-23(20)34)18-14-26-24(25)27-16(18)2/h14,17H,5-13,15H2,1-4H3,(H2,25,26,27). The van der Waals surface area contributed by atoms with Gasteiger partial charge in [0.05, 0.1) is 37.3 Å². The summed E-state index contributed by atoms with van der Waals surface area (Å²) in [5, 5.41) is 0. The Morgan fingerprint density at radius 3 is 2.45 bits per heavy atom. The van der Waals surface area contributed by atoms with E-state index in [0.29, 0.717) is 32.1 Å². The molecule has 2 saturated heterocycles. The zero-order valence-corrected chi connectivity index (χ0v) is 23.3. The van der Waals surface area contributed by atoms with Crippen LogP contribution in [0.4, 0.5) is 11.8 Å². The van der Waals surface area contributed by atoms with E-state index >= 15 is 0 Å². The van der Waals surface area contributed by atoms with Crippen molar-refractivity contribution in [1.29, 1.82) is 0 Å². The normalized spacial score (nSPS) is 18.1. The predicted octanol–water partition coefficient (Wildman–Crippen LogP) is 0.886. The van der Waals surface area contributed by atoms with Gasteiger partial charge in [0.15, 0.2) is 22.8 Å². The molecule has 3 aromatic heterocycles. The molecule has 0 saturated carbocycles. The minimum absolute atomic E-state index is 0.0259. The number of ether oxygens (including phenoxy) is 1. The molecule has 2 N–H and O–H groups in total. The van der Waals surface area contributed by atoms with Gasteiger partial charge in [-0.1, -0.05) is 0 Å². The minimum Gasteiger partial charge on any atom is -0.378 e. The van der Waals surface area contributed by atoms with E-state index in [2.05, 4.69) is 31.3 Å². The molecule has 5 rings (SSSR count). The second-order valence-electron chi connectivity index (χ2n) is 9.93. The molecule has 0 atom stereocenters. The molecule has 3 aromatic rings. The highest BCUT2D eigenvalue weighted by Gasteiger charge is 2.29.